The Kier molecular flexibility index (Phi) is 3.11. The lowest BCUT2D eigenvalue weighted by Crippen LogP contribution is -2.47. The highest BCUT2D eigenvalue weighted by Crippen LogP contribution is 2.23. The van der Waals surface area contributed by atoms with Gasteiger partial charge in [-0.2, -0.15) is 11.8 Å². The number of anilines is 1. The molecular weight excluding hydrogens is 212 g/mol. The van der Waals surface area contributed by atoms with Gasteiger partial charge in [0.2, 0.25) is 0 Å². The highest BCUT2D eigenvalue weighted by Gasteiger charge is 2.28. The fraction of sp³-hybridized carbons (Fsp3) is 0.400. The second kappa shape index (κ2) is 4.53. The maximum atomic E-state index is 11.1. The minimum Gasteiger partial charge on any atom is -0.480 e. The largest absolute Gasteiger partial charge is 0.480 e. The van der Waals surface area contributed by atoms with Crippen LogP contribution in [0.25, 0.3) is 0 Å². The number of aromatic nitrogens is 1. The molecule has 15 heavy (non-hydrogen) atoms. The summed E-state index contributed by atoms with van der Waals surface area (Å²) in [7, 11) is 0. The molecule has 1 aromatic rings. The van der Waals surface area contributed by atoms with Gasteiger partial charge in [0.25, 0.3) is 0 Å². The third-order valence-corrected chi connectivity index (χ3v) is 3.43. The van der Waals surface area contributed by atoms with Gasteiger partial charge in [0, 0.05) is 36.1 Å². The van der Waals surface area contributed by atoms with Crippen LogP contribution in [-0.4, -0.2) is 40.2 Å². The van der Waals surface area contributed by atoms with Gasteiger partial charge in [0.1, 0.15) is 6.04 Å². The van der Waals surface area contributed by atoms with Crippen molar-refractivity contribution in [3.8, 4) is 0 Å². The van der Waals surface area contributed by atoms with Crippen molar-refractivity contribution in [3.63, 3.8) is 0 Å². The first kappa shape index (κ1) is 10.3. The molecule has 1 aliphatic rings. The van der Waals surface area contributed by atoms with Crippen LogP contribution < -0.4 is 4.90 Å². The van der Waals surface area contributed by atoms with Crippen molar-refractivity contribution in [2.75, 3.05) is 23.0 Å². The van der Waals surface area contributed by atoms with E-state index < -0.39 is 12.0 Å². The smallest absolute Gasteiger partial charge is 0.327 e. The Labute approximate surface area is 92.3 Å². The van der Waals surface area contributed by atoms with Crippen LogP contribution in [0.3, 0.4) is 0 Å². The molecule has 1 unspecified atom stereocenters. The molecule has 0 aliphatic carbocycles. The molecule has 2 rings (SSSR count). The first-order valence-corrected chi connectivity index (χ1v) is 5.92. The SMILES string of the molecule is O=C(O)C1CSCCN1c1ccncc1. The summed E-state index contributed by atoms with van der Waals surface area (Å²) in [5, 5.41) is 9.10. The molecule has 0 saturated carbocycles. The highest BCUT2D eigenvalue weighted by atomic mass is 32.2. The summed E-state index contributed by atoms with van der Waals surface area (Å²) in [4.78, 5) is 16.9. The molecule has 5 heteroatoms. The minimum absolute atomic E-state index is 0.411. The fourth-order valence-electron chi connectivity index (χ4n) is 1.65. The molecule has 1 N–H and O–H groups in total. The van der Waals surface area contributed by atoms with Crippen molar-refractivity contribution < 1.29 is 9.90 Å². The maximum absolute atomic E-state index is 11.1. The van der Waals surface area contributed by atoms with Gasteiger partial charge in [-0.15, -0.1) is 0 Å². The number of hydrogen-bond acceptors (Lipinski definition) is 4. The van der Waals surface area contributed by atoms with E-state index in [2.05, 4.69) is 4.98 Å². The predicted octanol–water partition coefficient (Wildman–Crippen LogP) is 1.09. The van der Waals surface area contributed by atoms with E-state index in [1.165, 1.54) is 0 Å². The third-order valence-electron chi connectivity index (χ3n) is 2.41. The van der Waals surface area contributed by atoms with Crippen LogP contribution in [0, 0.1) is 0 Å². The highest BCUT2D eigenvalue weighted by molar-refractivity contribution is 7.99. The van der Waals surface area contributed by atoms with Gasteiger partial charge in [-0.3, -0.25) is 4.98 Å². The molecular formula is C10H12N2O2S. The van der Waals surface area contributed by atoms with Crippen LogP contribution in [0.4, 0.5) is 5.69 Å². The summed E-state index contributed by atoms with van der Waals surface area (Å²) < 4.78 is 0. The van der Waals surface area contributed by atoms with Gasteiger partial charge < -0.3 is 10.0 Å². The molecule has 1 fully saturated rings. The molecule has 1 aliphatic heterocycles. The summed E-state index contributed by atoms with van der Waals surface area (Å²) in [5.41, 5.74) is 0.942. The van der Waals surface area contributed by atoms with Gasteiger partial charge in [-0.25, -0.2) is 4.79 Å². The zero-order chi connectivity index (χ0) is 10.7. The Hall–Kier alpha value is -1.23. The van der Waals surface area contributed by atoms with Gasteiger partial charge in [-0.1, -0.05) is 0 Å². The lowest BCUT2D eigenvalue weighted by Gasteiger charge is -2.34. The average Bonchev–Trinajstić information content (AvgIpc) is 2.30. The molecule has 1 aromatic heterocycles. The molecule has 2 heterocycles. The second-order valence-electron chi connectivity index (χ2n) is 3.33. The summed E-state index contributed by atoms with van der Waals surface area (Å²) >= 11 is 1.69. The molecule has 4 nitrogen and oxygen atoms in total. The topological polar surface area (TPSA) is 53.4 Å². The van der Waals surface area contributed by atoms with Crippen molar-refractivity contribution in [3.05, 3.63) is 24.5 Å². The quantitative estimate of drug-likeness (QED) is 0.815. The van der Waals surface area contributed by atoms with Gasteiger partial charge in [-0.05, 0) is 12.1 Å². The van der Waals surface area contributed by atoms with E-state index in [9.17, 15) is 4.79 Å². The van der Waals surface area contributed by atoms with E-state index in [0.29, 0.717) is 5.75 Å². The lowest BCUT2D eigenvalue weighted by atomic mass is 10.2. The van der Waals surface area contributed by atoms with Gasteiger partial charge in [0.15, 0.2) is 0 Å². The number of thioether (sulfide) groups is 1. The third kappa shape index (κ3) is 2.23. The number of nitrogens with zero attached hydrogens (tertiary/aromatic N) is 2. The molecule has 0 aromatic carbocycles. The predicted molar refractivity (Wildman–Crippen MR) is 60.3 cm³/mol. The van der Waals surface area contributed by atoms with Crippen molar-refractivity contribution >= 4 is 23.4 Å². The summed E-state index contributed by atoms with van der Waals surface area (Å²) in [6.45, 7) is 0.783. The average molecular weight is 224 g/mol. The Morgan fingerprint density at radius 2 is 2.27 bits per heavy atom. The van der Waals surface area contributed by atoms with Crippen LogP contribution in [0.5, 0.6) is 0 Å². The standard InChI is InChI=1S/C10H12N2O2S/c13-10(14)9-7-15-6-5-12(9)8-1-3-11-4-2-8/h1-4,9H,5-7H2,(H,13,14). The van der Waals surface area contributed by atoms with Crippen LogP contribution in [0.2, 0.25) is 0 Å². The number of pyridine rings is 1. The van der Waals surface area contributed by atoms with E-state index in [1.54, 1.807) is 24.2 Å². The normalized spacial score (nSPS) is 21.3. The number of rotatable bonds is 2. The Morgan fingerprint density at radius 1 is 1.53 bits per heavy atom. The van der Waals surface area contributed by atoms with E-state index in [-0.39, 0.29) is 0 Å². The zero-order valence-corrected chi connectivity index (χ0v) is 8.98. The van der Waals surface area contributed by atoms with Crippen LogP contribution in [0.1, 0.15) is 0 Å². The summed E-state index contributed by atoms with van der Waals surface area (Å²) in [6, 6.07) is 3.30. The van der Waals surface area contributed by atoms with Gasteiger partial charge in [0.05, 0.1) is 0 Å². The molecule has 0 radical (unpaired) electrons. The van der Waals surface area contributed by atoms with Crippen LogP contribution in [-0.2, 0) is 4.79 Å². The van der Waals surface area contributed by atoms with Gasteiger partial charge >= 0.3 is 5.97 Å². The number of carboxylic acid groups (broad SMARTS) is 1. The molecule has 0 bridgehead atoms. The first-order valence-electron chi connectivity index (χ1n) is 4.76. The minimum atomic E-state index is -0.751. The van der Waals surface area contributed by atoms with Crippen molar-refractivity contribution in [1.82, 2.24) is 4.98 Å². The number of hydrogen-bond donors (Lipinski definition) is 1. The van der Waals surface area contributed by atoms with E-state index in [0.717, 1.165) is 18.0 Å². The van der Waals surface area contributed by atoms with Crippen LogP contribution >= 0.6 is 11.8 Å². The van der Waals surface area contributed by atoms with Crippen molar-refractivity contribution in [1.29, 1.82) is 0 Å². The van der Waals surface area contributed by atoms with E-state index in [1.807, 2.05) is 17.0 Å². The zero-order valence-electron chi connectivity index (χ0n) is 8.17. The summed E-state index contributed by atoms with van der Waals surface area (Å²) in [5.74, 6) is 0.878. The number of carboxylic acids is 1. The Bertz CT molecular complexity index is 345. The molecule has 1 saturated heterocycles. The van der Waals surface area contributed by atoms with E-state index >= 15 is 0 Å². The summed E-state index contributed by atoms with van der Waals surface area (Å²) in [6.07, 6.45) is 3.38. The first-order chi connectivity index (χ1) is 7.29. The second-order valence-corrected chi connectivity index (χ2v) is 4.48. The molecule has 80 valence electrons. The Morgan fingerprint density at radius 3 is 2.93 bits per heavy atom. The molecule has 0 spiro atoms. The molecule has 1 atom stereocenters. The molecule has 0 amide bonds. The number of aliphatic carboxylic acids is 1. The van der Waals surface area contributed by atoms with Crippen LogP contribution in [0.15, 0.2) is 24.5 Å². The maximum Gasteiger partial charge on any atom is 0.327 e. The fourth-order valence-corrected chi connectivity index (χ4v) is 2.69. The monoisotopic (exact) mass is 224 g/mol. The Balaban J connectivity index is 2.22. The number of carbonyl (C=O) groups is 1. The lowest BCUT2D eigenvalue weighted by molar-refractivity contribution is -0.138. The van der Waals surface area contributed by atoms with Crippen molar-refractivity contribution in [2.24, 2.45) is 0 Å². The van der Waals surface area contributed by atoms with Crippen molar-refractivity contribution in [2.45, 2.75) is 6.04 Å². The van der Waals surface area contributed by atoms with E-state index in [4.69, 9.17) is 5.11 Å².